The molecule has 0 aliphatic heterocycles. The normalized spacial score (nSPS) is 9.57. The molecule has 0 unspecified atom stereocenters. The van der Waals surface area contributed by atoms with Crippen LogP contribution in [0.1, 0.15) is 32.6 Å². The van der Waals surface area contributed by atoms with E-state index in [0.29, 0.717) is 19.6 Å². The van der Waals surface area contributed by atoms with Crippen molar-refractivity contribution >= 4 is 11.9 Å². The largest absolute Gasteiger partial charge is 0.466 e. The fourth-order valence-corrected chi connectivity index (χ4v) is 0.750. The Kier molecular flexibility index (Phi) is 7.89. The van der Waals surface area contributed by atoms with E-state index in [0.717, 1.165) is 6.42 Å². The predicted octanol–water partition coefficient (Wildman–Crippen LogP) is 1.49. The van der Waals surface area contributed by atoms with Gasteiger partial charge in [0.1, 0.15) is 0 Å². The van der Waals surface area contributed by atoms with Crippen LogP contribution in [0.2, 0.25) is 0 Å². The minimum Gasteiger partial charge on any atom is -0.466 e. The Morgan fingerprint density at radius 1 is 1.07 bits per heavy atom. The van der Waals surface area contributed by atoms with Crippen molar-refractivity contribution < 1.29 is 19.1 Å². The molecule has 0 N–H and O–H groups in total. The molecule has 0 aromatic heterocycles. The summed E-state index contributed by atoms with van der Waals surface area (Å²) in [6, 6.07) is 0. The van der Waals surface area contributed by atoms with E-state index in [-0.39, 0.29) is 24.8 Å². The molecule has 1 radical (unpaired) electrons. The molecule has 0 rings (SSSR count). The molecule has 0 aromatic carbocycles. The van der Waals surface area contributed by atoms with Gasteiger partial charge in [0.2, 0.25) is 0 Å². The quantitative estimate of drug-likeness (QED) is 0.585. The maximum absolute atomic E-state index is 10.9. The van der Waals surface area contributed by atoms with Crippen LogP contribution < -0.4 is 0 Å². The average molecular weight is 201 g/mol. The van der Waals surface area contributed by atoms with E-state index in [1.54, 1.807) is 0 Å². The minimum absolute atomic E-state index is 0.0859. The molecular weight excluding hydrogens is 184 g/mol. The van der Waals surface area contributed by atoms with Gasteiger partial charge in [-0.15, -0.1) is 0 Å². The zero-order chi connectivity index (χ0) is 10.8. The van der Waals surface area contributed by atoms with Gasteiger partial charge >= 0.3 is 11.9 Å². The fourth-order valence-electron chi connectivity index (χ4n) is 0.750. The molecule has 81 valence electrons. The molecular formula is C10H17O4. The summed E-state index contributed by atoms with van der Waals surface area (Å²) in [5.41, 5.74) is 0. The van der Waals surface area contributed by atoms with E-state index >= 15 is 0 Å². The lowest BCUT2D eigenvalue weighted by Crippen LogP contribution is -2.11. The van der Waals surface area contributed by atoms with E-state index in [4.69, 9.17) is 9.47 Å². The van der Waals surface area contributed by atoms with Crippen molar-refractivity contribution in [1.29, 1.82) is 0 Å². The van der Waals surface area contributed by atoms with Crippen molar-refractivity contribution in [1.82, 2.24) is 0 Å². The first kappa shape index (κ1) is 12.9. The average Bonchev–Trinajstić information content (AvgIpc) is 2.20. The van der Waals surface area contributed by atoms with Crippen LogP contribution in [-0.2, 0) is 19.1 Å². The zero-order valence-corrected chi connectivity index (χ0v) is 8.58. The molecule has 0 spiro atoms. The third-order valence-electron chi connectivity index (χ3n) is 1.41. The number of esters is 2. The Morgan fingerprint density at radius 3 is 2.00 bits per heavy atom. The van der Waals surface area contributed by atoms with Gasteiger partial charge in [-0.25, -0.2) is 0 Å². The number of carbonyl (C=O) groups is 2. The van der Waals surface area contributed by atoms with Crippen molar-refractivity contribution in [2.45, 2.75) is 32.6 Å². The Morgan fingerprint density at radius 2 is 1.57 bits per heavy atom. The first-order valence-corrected chi connectivity index (χ1v) is 4.81. The van der Waals surface area contributed by atoms with Crippen LogP contribution in [0.15, 0.2) is 0 Å². The molecule has 0 saturated carbocycles. The van der Waals surface area contributed by atoms with Gasteiger partial charge in [-0.2, -0.15) is 0 Å². The van der Waals surface area contributed by atoms with Crippen molar-refractivity contribution in [2.24, 2.45) is 0 Å². The number of ether oxygens (including phenoxy) is 2. The first-order valence-electron chi connectivity index (χ1n) is 4.81. The predicted molar refractivity (Wildman–Crippen MR) is 51.4 cm³/mol. The van der Waals surface area contributed by atoms with Gasteiger partial charge in [0, 0.05) is 0 Å². The lowest BCUT2D eigenvalue weighted by molar-refractivity contribution is -0.150. The second-order valence-electron chi connectivity index (χ2n) is 2.79. The number of rotatable bonds is 7. The molecule has 0 aliphatic carbocycles. The van der Waals surface area contributed by atoms with Crippen LogP contribution in [0.25, 0.3) is 0 Å². The SMILES string of the molecule is [CH2]CCOC(=O)CCC(=O)OCCC. The van der Waals surface area contributed by atoms with E-state index in [1.165, 1.54) is 0 Å². The second kappa shape index (κ2) is 8.53. The molecule has 0 aliphatic rings. The Balaban J connectivity index is 3.41. The molecule has 0 atom stereocenters. The fraction of sp³-hybridized carbons (Fsp3) is 0.700. The molecule has 0 fully saturated rings. The van der Waals surface area contributed by atoms with Gasteiger partial charge in [0.05, 0.1) is 26.1 Å². The maximum Gasteiger partial charge on any atom is 0.306 e. The summed E-state index contributed by atoms with van der Waals surface area (Å²) in [5.74, 6) is -0.722. The van der Waals surface area contributed by atoms with Crippen LogP contribution in [0.3, 0.4) is 0 Å². The third-order valence-corrected chi connectivity index (χ3v) is 1.41. The smallest absolute Gasteiger partial charge is 0.306 e. The molecule has 4 nitrogen and oxygen atoms in total. The van der Waals surface area contributed by atoms with Crippen LogP contribution in [0.5, 0.6) is 0 Å². The monoisotopic (exact) mass is 201 g/mol. The number of hydrogen-bond acceptors (Lipinski definition) is 4. The summed E-state index contributed by atoms with van der Waals surface area (Å²) in [7, 11) is 0. The van der Waals surface area contributed by atoms with Gasteiger partial charge in [-0.05, 0) is 19.8 Å². The van der Waals surface area contributed by atoms with E-state index in [2.05, 4.69) is 6.92 Å². The van der Waals surface area contributed by atoms with Crippen LogP contribution >= 0.6 is 0 Å². The summed E-state index contributed by atoms with van der Waals surface area (Å²) in [6.45, 7) is 6.15. The van der Waals surface area contributed by atoms with Crippen LogP contribution in [0.4, 0.5) is 0 Å². The highest BCUT2D eigenvalue weighted by atomic mass is 16.5. The van der Waals surface area contributed by atoms with E-state index in [9.17, 15) is 9.59 Å². The summed E-state index contributed by atoms with van der Waals surface area (Å²) in [4.78, 5) is 21.9. The lowest BCUT2D eigenvalue weighted by atomic mass is 10.3. The Bertz CT molecular complexity index is 157. The Hall–Kier alpha value is -1.06. The minimum atomic E-state index is -0.373. The van der Waals surface area contributed by atoms with Crippen molar-refractivity contribution in [3.8, 4) is 0 Å². The number of carbonyl (C=O) groups excluding carboxylic acids is 2. The first-order chi connectivity index (χ1) is 6.70. The number of hydrogen-bond donors (Lipinski definition) is 0. The van der Waals surface area contributed by atoms with Gasteiger partial charge in [-0.1, -0.05) is 6.92 Å². The molecule has 0 saturated heterocycles. The van der Waals surface area contributed by atoms with E-state index in [1.807, 2.05) is 6.92 Å². The molecule has 4 heteroatoms. The maximum atomic E-state index is 10.9. The highest BCUT2D eigenvalue weighted by Crippen LogP contribution is 1.97. The summed E-state index contributed by atoms with van der Waals surface area (Å²) >= 11 is 0. The van der Waals surface area contributed by atoms with Crippen molar-refractivity contribution in [2.75, 3.05) is 13.2 Å². The van der Waals surface area contributed by atoms with Crippen LogP contribution in [-0.4, -0.2) is 25.2 Å². The standard InChI is InChI=1S/C10H17O4/c1-3-7-13-9(11)5-6-10(12)14-8-4-2/h1,3-8H2,2H3. The van der Waals surface area contributed by atoms with Gasteiger partial charge in [-0.3, -0.25) is 9.59 Å². The highest BCUT2D eigenvalue weighted by molar-refractivity contribution is 5.77. The van der Waals surface area contributed by atoms with Crippen molar-refractivity contribution in [3.05, 3.63) is 6.92 Å². The second-order valence-corrected chi connectivity index (χ2v) is 2.79. The summed E-state index contributed by atoms with van der Waals surface area (Å²) in [6.07, 6.45) is 1.52. The lowest BCUT2D eigenvalue weighted by Gasteiger charge is -2.03. The van der Waals surface area contributed by atoms with Gasteiger partial charge in [0.25, 0.3) is 0 Å². The molecule has 0 bridgehead atoms. The van der Waals surface area contributed by atoms with E-state index < -0.39 is 0 Å². The third kappa shape index (κ3) is 7.58. The molecule has 14 heavy (non-hydrogen) atoms. The molecule has 0 amide bonds. The Labute approximate surface area is 84.6 Å². The van der Waals surface area contributed by atoms with Crippen molar-refractivity contribution in [3.63, 3.8) is 0 Å². The topological polar surface area (TPSA) is 52.6 Å². The zero-order valence-electron chi connectivity index (χ0n) is 8.58. The summed E-state index contributed by atoms with van der Waals surface area (Å²) in [5, 5.41) is 0. The summed E-state index contributed by atoms with van der Waals surface area (Å²) < 4.78 is 9.52. The van der Waals surface area contributed by atoms with Gasteiger partial charge < -0.3 is 9.47 Å². The molecule has 0 aromatic rings. The highest BCUT2D eigenvalue weighted by Gasteiger charge is 2.07. The van der Waals surface area contributed by atoms with Gasteiger partial charge in [0.15, 0.2) is 0 Å². The molecule has 0 heterocycles. The van der Waals surface area contributed by atoms with Crippen LogP contribution in [0, 0.1) is 6.92 Å².